The highest BCUT2D eigenvalue weighted by Gasteiger charge is 2.09. The zero-order valence-electron chi connectivity index (χ0n) is 8.21. The normalized spacial score (nSPS) is 11.8. The van der Waals surface area contributed by atoms with Gasteiger partial charge in [0.05, 0.1) is 11.4 Å². The largest absolute Gasteiger partial charge is 0.305 e. The fourth-order valence-electron chi connectivity index (χ4n) is 1.27. The molecule has 2 aromatic rings. The summed E-state index contributed by atoms with van der Waals surface area (Å²) >= 11 is 0. The Bertz CT molecular complexity index is 574. The molecular formula is C9H11N3O2S. The molecule has 0 aliphatic rings. The van der Waals surface area contributed by atoms with E-state index in [0.717, 1.165) is 0 Å². The average molecular weight is 225 g/mol. The average Bonchev–Trinajstić information content (AvgIpc) is 2.66. The molecule has 0 saturated carbocycles. The second-order valence-corrected chi connectivity index (χ2v) is 5.10. The number of hydrogen-bond acceptors (Lipinski definition) is 3. The van der Waals surface area contributed by atoms with Gasteiger partial charge >= 0.3 is 0 Å². The molecule has 0 amide bonds. The standard InChI is InChI=1S/C9H11N3O2S/c1-2-15(13,14)11-8-4-3-6-12-7-5-10-9(8)12/h3-7,11H,2H2,1H3. The number of rotatable bonds is 3. The summed E-state index contributed by atoms with van der Waals surface area (Å²) in [5, 5.41) is 0. The third-order valence-electron chi connectivity index (χ3n) is 2.06. The van der Waals surface area contributed by atoms with Crippen molar-refractivity contribution in [1.29, 1.82) is 0 Å². The Hall–Kier alpha value is -1.56. The zero-order valence-corrected chi connectivity index (χ0v) is 9.03. The van der Waals surface area contributed by atoms with E-state index in [1.54, 1.807) is 35.9 Å². The van der Waals surface area contributed by atoms with Crippen molar-refractivity contribution in [2.24, 2.45) is 0 Å². The van der Waals surface area contributed by atoms with E-state index < -0.39 is 10.0 Å². The maximum absolute atomic E-state index is 11.4. The molecule has 0 radical (unpaired) electrons. The van der Waals surface area contributed by atoms with Crippen molar-refractivity contribution in [1.82, 2.24) is 9.38 Å². The molecule has 2 heterocycles. The Morgan fingerprint density at radius 1 is 1.47 bits per heavy atom. The molecule has 15 heavy (non-hydrogen) atoms. The van der Waals surface area contributed by atoms with Crippen molar-refractivity contribution in [3.8, 4) is 0 Å². The summed E-state index contributed by atoms with van der Waals surface area (Å²) in [5.41, 5.74) is 1.11. The summed E-state index contributed by atoms with van der Waals surface area (Å²) in [6, 6.07) is 3.46. The van der Waals surface area contributed by atoms with Crippen LogP contribution in [-0.2, 0) is 10.0 Å². The van der Waals surface area contributed by atoms with Crippen LogP contribution in [0.5, 0.6) is 0 Å². The van der Waals surface area contributed by atoms with E-state index in [1.165, 1.54) is 0 Å². The second-order valence-electron chi connectivity index (χ2n) is 3.09. The Morgan fingerprint density at radius 2 is 2.27 bits per heavy atom. The number of imidazole rings is 1. The lowest BCUT2D eigenvalue weighted by atomic mass is 10.4. The third kappa shape index (κ3) is 1.94. The summed E-state index contributed by atoms with van der Waals surface area (Å²) in [6.07, 6.45) is 5.20. The number of anilines is 1. The number of nitrogens with zero attached hydrogens (tertiary/aromatic N) is 2. The number of hydrogen-bond donors (Lipinski definition) is 1. The van der Waals surface area contributed by atoms with Crippen molar-refractivity contribution in [2.75, 3.05) is 10.5 Å². The number of fused-ring (bicyclic) bond motifs is 1. The van der Waals surface area contributed by atoms with Crippen molar-refractivity contribution in [2.45, 2.75) is 6.92 Å². The third-order valence-corrected chi connectivity index (χ3v) is 3.36. The fraction of sp³-hybridized carbons (Fsp3) is 0.222. The molecule has 2 rings (SSSR count). The maximum atomic E-state index is 11.4. The molecule has 6 heteroatoms. The summed E-state index contributed by atoms with van der Waals surface area (Å²) in [4.78, 5) is 4.07. The molecule has 0 spiro atoms. The molecule has 1 N–H and O–H groups in total. The molecule has 0 aromatic carbocycles. The van der Waals surface area contributed by atoms with Gasteiger partial charge in [-0.3, -0.25) is 4.72 Å². The van der Waals surface area contributed by atoms with Crippen molar-refractivity contribution in [3.63, 3.8) is 0 Å². The van der Waals surface area contributed by atoms with Crippen LogP contribution < -0.4 is 4.72 Å². The molecule has 0 aliphatic carbocycles. The van der Waals surface area contributed by atoms with Gasteiger partial charge in [0, 0.05) is 18.6 Å². The van der Waals surface area contributed by atoms with E-state index in [2.05, 4.69) is 9.71 Å². The molecular weight excluding hydrogens is 214 g/mol. The Balaban J connectivity index is 2.48. The van der Waals surface area contributed by atoms with Crippen molar-refractivity contribution < 1.29 is 8.42 Å². The molecule has 0 saturated heterocycles. The molecule has 0 aliphatic heterocycles. The minimum atomic E-state index is -3.25. The van der Waals surface area contributed by atoms with Gasteiger partial charge in [0.2, 0.25) is 10.0 Å². The van der Waals surface area contributed by atoms with E-state index >= 15 is 0 Å². The number of sulfonamides is 1. The van der Waals surface area contributed by atoms with Crippen LogP contribution >= 0.6 is 0 Å². The summed E-state index contributed by atoms with van der Waals surface area (Å²) in [6.45, 7) is 1.59. The van der Waals surface area contributed by atoms with Crippen LogP contribution in [0.15, 0.2) is 30.7 Å². The van der Waals surface area contributed by atoms with Gasteiger partial charge in [-0.05, 0) is 19.1 Å². The zero-order chi connectivity index (χ0) is 10.9. The molecule has 0 fully saturated rings. The van der Waals surface area contributed by atoms with Gasteiger partial charge in [-0.1, -0.05) is 0 Å². The van der Waals surface area contributed by atoms with Crippen LogP contribution in [0.25, 0.3) is 5.65 Å². The van der Waals surface area contributed by atoms with Crippen LogP contribution in [0, 0.1) is 0 Å². The number of pyridine rings is 1. The first-order valence-corrected chi connectivity index (χ1v) is 6.20. The second kappa shape index (κ2) is 3.54. The van der Waals surface area contributed by atoms with Crippen LogP contribution in [0.3, 0.4) is 0 Å². The van der Waals surface area contributed by atoms with Gasteiger partial charge in [-0.15, -0.1) is 0 Å². The van der Waals surface area contributed by atoms with Gasteiger partial charge in [-0.25, -0.2) is 13.4 Å². The lowest BCUT2D eigenvalue weighted by molar-refractivity contribution is 0.602. The quantitative estimate of drug-likeness (QED) is 0.850. The molecule has 5 nitrogen and oxygen atoms in total. The summed E-state index contributed by atoms with van der Waals surface area (Å²) in [5.74, 6) is 0.0504. The van der Waals surface area contributed by atoms with Crippen molar-refractivity contribution >= 4 is 21.4 Å². The number of aromatic nitrogens is 2. The highest BCUT2D eigenvalue weighted by atomic mass is 32.2. The lowest BCUT2D eigenvalue weighted by Crippen LogP contribution is -2.15. The number of nitrogens with one attached hydrogen (secondary N) is 1. The molecule has 2 aromatic heterocycles. The summed E-state index contributed by atoms with van der Waals surface area (Å²) < 4.78 is 27.0. The highest BCUT2D eigenvalue weighted by molar-refractivity contribution is 7.92. The smallest absolute Gasteiger partial charge is 0.232 e. The SMILES string of the molecule is CCS(=O)(=O)Nc1cccn2ccnc12. The maximum Gasteiger partial charge on any atom is 0.232 e. The Labute approximate surface area is 87.8 Å². The van der Waals surface area contributed by atoms with Crippen LogP contribution in [0.4, 0.5) is 5.69 Å². The minimum absolute atomic E-state index is 0.0504. The predicted molar refractivity (Wildman–Crippen MR) is 58.3 cm³/mol. The van der Waals surface area contributed by atoms with E-state index in [1.807, 2.05) is 6.20 Å². The molecule has 0 atom stereocenters. The highest BCUT2D eigenvalue weighted by Crippen LogP contribution is 2.15. The summed E-state index contributed by atoms with van der Waals surface area (Å²) in [7, 11) is -3.25. The van der Waals surface area contributed by atoms with E-state index in [0.29, 0.717) is 11.3 Å². The topological polar surface area (TPSA) is 63.5 Å². The van der Waals surface area contributed by atoms with Gasteiger partial charge < -0.3 is 4.40 Å². The monoisotopic (exact) mass is 225 g/mol. The van der Waals surface area contributed by atoms with Crippen molar-refractivity contribution in [3.05, 3.63) is 30.7 Å². The van der Waals surface area contributed by atoms with Gasteiger partial charge in [0.15, 0.2) is 5.65 Å². The lowest BCUT2D eigenvalue weighted by Gasteiger charge is -2.06. The Morgan fingerprint density at radius 3 is 3.00 bits per heavy atom. The van der Waals surface area contributed by atoms with Crippen LogP contribution in [0.2, 0.25) is 0 Å². The van der Waals surface area contributed by atoms with Gasteiger partial charge in [0.1, 0.15) is 0 Å². The predicted octanol–water partition coefficient (Wildman–Crippen LogP) is 1.10. The van der Waals surface area contributed by atoms with Crippen LogP contribution in [0.1, 0.15) is 6.92 Å². The fourth-order valence-corrected chi connectivity index (χ4v) is 1.91. The molecule has 0 unspecified atom stereocenters. The van der Waals surface area contributed by atoms with E-state index in [-0.39, 0.29) is 5.75 Å². The first kappa shape index (κ1) is 9.97. The first-order chi connectivity index (χ1) is 7.12. The molecule has 80 valence electrons. The van der Waals surface area contributed by atoms with E-state index in [9.17, 15) is 8.42 Å². The minimum Gasteiger partial charge on any atom is -0.305 e. The first-order valence-electron chi connectivity index (χ1n) is 4.54. The van der Waals surface area contributed by atoms with Crippen LogP contribution in [-0.4, -0.2) is 23.6 Å². The van der Waals surface area contributed by atoms with Gasteiger partial charge in [0.25, 0.3) is 0 Å². The van der Waals surface area contributed by atoms with Gasteiger partial charge in [-0.2, -0.15) is 0 Å². The Kier molecular flexibility index (Phi) is 2.36. The van der Waals surface area contributed by atoms with E-state index in [4.69, 9.17) is 0 Å². The molecule has 0 bridgehead atoms.